The topological polar surface area (TPSA) is 92.4 Å². The molecule has 1 amide bonds. The number of esters is 1. The Morgan fingerprint density at radius 1 is 1.53 bits per heavy atom. The Morgan fingerprint density at radius 2 is 2.24 bits per heavy atom. The summed E-state index contributed by atoms with van der Waals surface area (Å²) in [6, 6.07) is 0. The number of carbonyl (C=O) groups is 2. The summed E-state index contributed by atoms with van der Waals surface area (Å²) in [6.45, 7) is 1.79. The van der Waals surface area contributed by atoms with Crippen molar-refractivity contribution in [2.45, 2.75) is 6.92 Å². The van der Waals surface area contributed by atoms with Gasteiger partial charge in [-0.3, -0.25) is 14.4 Å². The summed E-state index contributed by atoms with van der Waals surface area (Å²) >= 11 is 0. The predicted octanol–water partition coefficient (Wildman–Crippen LogP) is -0.595. The summed E-state index contributed by atoms with van der Waals surface area (Å²) in [7, 11) is 1.45. The maximum atomic E-state index is 11.7. The van der Waals surface area contributed by atoms with Crippen molar-refractivity contribution >= 4 is 11.9 Å². The van der Waals surface area contributed by atoms with Crippen molar-refractivity contribution in [3.05, 3.63) is 28.4 Å². The minimum Gasteiger partial charge on any atom is -0.465 e. The van der Waals surface area contributed by atoms with Gasteiger partial charge in [-0.25, -0.2) is 4.98 Å². The molecule has 1 aromatic rings. The highest BCUT2D eigenvalue weighted by Gasteiger charge is 2.16. The Labute approximate surface area is 97.4 Å². The molecule has 17 heavy (non-hydrogen) atoms. The average Bonchev–Trinajstić information content (AvgIpc) is 2.29. The molecule has 0 fully saturated rings. The largest absolute Gasteiger partial charge is 0.465 e. The monoisotopic (exact) mass is 239 g/mol. The van der Waals surface area contributed by atoms with E-state index in [-0.39, 0.29) is 18.8 Å². The standard InChI is InChI=1S/C10H13N3O4/c1-3-17-9(15)6-13(2)10(16)7-4-12-8(14)5-11-7/h4-5H,3,6H2,1-2H3,(H,12,14). The van der Waals surface area contributed by atoms with Gasteiger partial charge in [0.2, 0.25) is 0 Å². The maximum Gasteiger partial charge on any atom is 0.325 e. The van der Waals surface area contributed by atoms with Gasteiger partial charge in [0.15, 0.2) is 0 Å². The van der Waals surface area contributed by atoms with Crippen LogP contribution in [0.2, 0.25) is 0 Å². The first kappa shape index (κ1) is 12.9. The molecular formula is C10H13N3O4. The molecule has 7 nitrogen and oxygen atoms in total. The van der Waals surface area contributed by atoms with E-state index in [0.717, 1.165) is 6.20 Å². The van der Waals surface area contributed by atoms with Crippen molar-refractivity contribution in [1.82, 2.24) is 14.9 Å². The second-order valence-corrected chi connectivity index (χ2v) is 3.26. The van der Waals surface area contributed by atoms with Crippen LogP contribution in [-0.4, -0.2) is 46.9 Å². The molecule has 0 bridgehead atoms. The van der Waals surface area contributed by atoms with Gasteiger partial charge in [-0.2, -0.15) is 0 Å². The molecule has 1 aromatic heterocycles. The fourth-order valence-corrected chi connectivity index (χ4v) is 1.13. The third-order valence-electron chi connectivity index (χ3n) is 1.91. The lowest BCUT2D eigenvalue weighted by molar-refractivity contribution is -0.143. The molecule has 0 saturated heterocycles. The number of carbonyl (C=O) groups excluding carboxylic acids is 2. The molecular weight excluding hydrogens is 226 g/mol. The Hall–Kier alpha value is -2.18. The lowest BCUT2D eigenvalue weighted by Gasteiger charge is -2.14. The number of rotatable bonds is 4. The van der Waals surface area contributed by atoms with Crippen LogP contribution in [0.1, 0.15) is 17.4 Å². The summed E-state index contributed by atoms with van der Waals surface area (Å²) in [5.74, 6) is -0.956. The molecule has 0 saturated carbocycles. The van der Waals surface area contributed by atoms with Crippen molar-refractivity contribution < 1.29 is 14.3 Å². The molecule has 1 heterocycles. The minimum absolute atomic E-state index is 0.0661. The number of hydrogen-bond acceptors (Lipinski definition) is 5. The van der Waals surface area contributed by atoms with Crippen LogP contribution in [-0.2, 0) is 9.53 Å². The fourth-order valence-electron chi connectivity index (χ4n) is 1.13. The molecule has 0 atom stereocenters. The van der Waals surface area contributed by atoms with Gasteiger partial charge in [0.05, 0.1) is 12.8 Å². The third kappa shape index (κ3) is 3.71. The number of amides is 1. The van der Waals surface area contributed by atoms with E-state index in [9.17, 15) is 14.4 Å². The normalized spacial score (nSPS) is 9.76. The second kappa shape index (κ2) is 5.78. The van der Waals surface area contributed by atoms with Crippen LogP contribution in [0, 0.1) is 0 Å². The highest BCUT2D eigenvalue weighted by Crippen LogP contribution is 1.96. The van der Waals surface area contributed by atoms with E-state index in [1.165, 1.54) is 18.1 Å². The lowest BCUT2D eigenvalue weighted by atomic mass is 10.4. The van der Waals surface area contributed by atoms with E-state index in [4.69, 9.17) is 4.74 Å². The summed E-state index contributed by atoms with van der Waals surface area (Å²) in [5, 5.41) is 0. The van der Waals surface area contributed by atoms with E-state index < -0.39 is 17.4 Å². The molecule has 0 aromatic carbocycles. The van der Waals surface area contributed by atoms with Crippen LogP contribution in [0.25, 0.3) is 0 Å². The summed E-state index contributed by atoms with van der Waals surface area (Å²) in [4.78, 5) is 40.8. The zero-order chi connectivity index (χ0) is 12.8. The number of hydrogen-bond donors (Lipinski definition) is 1. The quantitative estimate of drug-likeness (QED) is 0.708. The Bertz CT molecular complexity index is 448. The van der Waals surface area contributed by atoms with E-state index in [1.807, 2.05) is 0 Å². The number of nitrogens with one attached hydrogen (secondary N) is 1. The maximum absolute atomic E-state index is 11.7. The molecule has 0 aliphatic carbocycles. The lowest BCUT2D eigenvalue weighted by Crippen LogP contribution is -2.34. The first-order valence-electron chi connectivity index (χ1n) is 5.00. The van der Waals surface area contributed by atoms with Crippen molar-refractivity contribution in [3.63, 3.8) is 0 Å². The van der Waals surface area contributed by atoms with Gasteiger partial charge in [-0.05, 0) is 6.92 Å². The highest BCUT2D eigenvalue weighted by molar-refractivity contribution is 5.93. The van der Waals surface area contributed by atoms with E-state index >= 15 is 0 Å². The first-order chi connectivity index (χ1) is 8.04. The molecule has 92 valence electrons. The molecule has 1 N–H and O–H groups in total. The van der Waals surface area contributed by atoms with Gasteiger partial charge in [0.25, 0.3) is 11.5 Å². The van der Waals surface area contributed by atoms with Gasteiger partial charge in [-0.15, -0.1) is 0 Å². The molecule has 0 aliphatic heterocycles. The number of likely N-dealkylation sites (N-methyl/N-ethyl adjacent to an activating group) is 1. The summed E-state index contributed by atoms with van der Waals surface area (Å²) < 4.78 is 4.71. The SMILES string of the molecule is CCOC(=O)CN(C)C(=O)c1c[nH]c(=O)cn1. The molecule has 1 rings (SSSR count). The third-order valence-corrected chi connectivity index (χ3v) is 1.91. The second-order valence-electron chi connectivity index (χ2n) is 3.26. The Balaban J connectivity index is 2.66. The zero-order valence-corrected chi connectivity index (χ0v) is 9.60. The molecule has 0 unspecified atom stereocenters. The van der Waals surface area contributed by atoms with Crippen LogP contribution in [0.3, 0.4) is 0 Å². The van der Waals surface area contributed by atoms with Crippen LogP contribution in [0.4, 0.5) is 0 Å². The van der Waals surface area contributed by atoms with Crippen molar-refractivity contribution in [1.29, 1.82) is 0 Å². The van der Waals surface area contributed by atoms with Crippen LogP contribution in [0.5, 0.6) is 0 Å². The number of ether oxygens (including phenoxy) is 1. The highest BCUT2D eigenvalue weighted by atomic mass is 16.5. The van der Waals surface area contributed by atoms with Crippen molar-refractivity contribution in [2.24, 2.45) is 0 Å². The number of nitrogens with zero attached hydrogens (tertiary/aromatic N) is 2. The molecule has 0 radical (unpaired) electrons. The minimum atomic E-state index is -0.493. The number of H-pyrrole nitrogens is 1. The van der Waals surface area contributed by atoms with Crippen molar-refractivity contribution in [2.75, 3.05) is 20.2 Å². The zero-order valence-electron chi connectivity index (χ0n) is 9.60. The van der Waals surface area contributed by atoms with Crippen LogP contribution in [0.15, 0.2) is 17.2 Å². The number of aromatic nitrogens is 2. The molecule has 0 spiro atoms. The fraction of sp³-hybridized carbons (Fsp3) is 0.400. The first-order valence-corrected chi connectivity index (χ1v) is 5.00. The number of aromatic amines is 1. The molecule has 7 heteroatoms. The average molecular weight is 239 g/mol. The van der Waals surface area contributed by atoms with Gasteiger partial charge in [0, 0.05) is 13.2 Å². The van der Waals surface area contributed by atoms with Gasteiger partial charge < -0.3 is 14.6 Å². The van der Waals surface area contributed by atoms with E-state index in [0.29, 0.717) is 0 Å². The van der Waals surface area contributed by atoms with E-state index in [2.05, 4.69) is 9.97 Å². The van der Waals surface area contributed by atoms with Crippen LogP contribution >= 0.6 is 0 Å². The van der Waals surface area contributed by atoms with Crippen molar-refractivity contribution in [3.8, 4) is 0 Å². The van der Waals surface area contributed by atoms with Crippen LogP contribution < -0.4 is 5.56 Å². The Kier molecular flexibility index (Phi) is 4.38. The van der Waals surface area contributed by atoms with Gasteiger partial charge >= 0.3 is 5.97 Å². The summed E-state index contributed by atoms with van der Waals surface area (Å²) in [5.41, 5.74) is -0.328. The van der Waals surface area contributed by atoms with E-state index in [1.54, 1.807) is 6.92 Å². The molecule has 0 aliphatic rings. The van der Waals surface area contributed by atoms with Gasteiger partial charge in [0.1, 0.15) is 12.2 Å². The predicted molar refractivity (Wildman–Crippen MR) is 58.5 cm³/mol. The van der Waals surface area contributed by atoms with Gasteiger partial charge in [-0.1, -0.05) is 0 Å². The Morgan fingerprint density at radius 3 is 2.76 bits per heavy atom. The smallest absolute Gasteiger partial charge is 0.325 e. The summed E-state index contributed by atoms with van der Waals surface area (Å²) in [6.07, 6.45) is 2.21.